The van der Waals surface area contributed by atoms with Crippen LogP contribution < -0.4 is 10.6 Å². The van der Waals surface area contributed by atoms with E-state index in [2.05, 4.69) is 17.6 Å². The molecule has 0 amide bonds. The zero-order valence-corrected chi connectivity index (χ0v) is 11.5. The van der Waals surface area contributed by atoms with Gasteiger partial charge in [0.15, 0.2) is 5.11 Å². The molecule has 1 unspecified atom stereocenters. The molecule has 1 aromatic rings. The van der Waals surface area contributed by atoms with Gasteiger partial charge < -0.3 is 15.4 Å². The van der Waals surface area contributed by atoms with Gasteiger partial charge in [0.25, 0.3) is 0 Å². The van der Waals surface area contributed by atoms with E-state index in [-0.39, 0.29) is 0 Å². The van der Waals surface area contributed by atoms with Gasteiger partial charge in [-0.3, -0.25) is 0 Å². The van der Waals surface area contributed by atoms with E-state index in [1.165, 1.54) is 0 Å². The molecule has 1 fully saturated rings. The van der Waals surface area contributed by atoms with Crippen LogP contribution in [0.5, 0.6) is 0 Å². The third kappa shape index (κ3) is 3.96. The van der Waals surface area contributed by atoms with Crippen LogP contribution in [0.2, 0.25) is 0 Å². The molecule has 0 saturated carbocycles. The van der Waals surface area contributed by atoms with E-state index in [9.17, 15) is 0 Å². The molecule has 0 bridgehead atoms. The van der Waals surface area contributed by atoms with Gasteiger partial charge >= 0.3 is 0 Å². The van der Waals surface area contributed by atoms with E-state index in [4.69, 9.17) is 17.0 Å². The Morgan fingerprint density at radius 3 is 2.61 bits per heavy atom. The third-order valence-corrected chi connectivity index (χ3v) is 3.58. The molecule has 1 heterocycles. The number of hydrogen-bond donors (Lipinski definition) is 2. The van der Waals surface area contributed by atoms with Crippen LogP contribution in [-0.2, 0) is 4.74 Å². The lowest BCUT2D eigenvalue weighted by atomic mass is 9.93. The van der Waals surface area contributed by atoms with Crippen molar-refractivity contribution in [2.24, 2.45) is 5.92 Å². The minimum absolute atomic E-state index is 0.387. The maximum atomic E-state index is 5.37. The van der Waals surface area contributed by atoms with E-state index in [0.717, 1.165) is 31.7 Å². The van der Waals surface area contributed by atoms with Crippen molar-refractivity contribution in [3.8, 4) is 0 Å². The summed E-state index contributed by atoms with van der Waals surface area (Å²) in [6.45, 7) is 3.93. The van der Waals surface area contributed by atoms with Crippen LogP contribution in [0.3, 0.4) is 0 Å². The van der Waals surface area contributed by atoms with Gasteiger partial charge in [-0.25, -0.2) is 0 Å². The smallest absolute Gasteiger partial charge is 0.170 e. The SMILES string of the molecule is CC(NC(=S)Nc1ccccc1)C1CCOCC1. The molecule has 0 aliphatic carbocycles. The second kappa shape index (κ2) is 6.71. The van der Waals surface area contributed by atoms with Gasteiger partial charge in [-0.15, -0.1) is 0 Å². The van der Waals surface area contributed by atoms with Gasteiger partial charge in [-0.2, -0.15) is 0 Å². The Hall–Kier alpha value is -1.13. The largest absolute Gasteiger partial charge is 0.381 e. The first-order valence-electron chi connectivity index (χ1n) is 6.46. The molecule has 1 aromatic carbocycles. The van der Waals surface area contributed by atoms with Crippen molar-refractivity contribution in [3.63, 3.8) is 0 Å². The summed E-state index contributed by atoms with van der Waals surface area (Å²) >= 11 is 5.33. The van der Waals surface area contributed by atoms with Gasteiger partial charge in [0.2, 0.25) is 0 Å². The lowest BCUT2D eigenvalue weighted by molar-refractivity contribution is 0.0583. The summed E-state index contributed by atoms with van der Waals surface area (Å²) in [5.41, 5.74) is 1.02. The molecule has 4 heteroatoms. The Balaban J connectivity index is 1.79. The summed E-state index contributed by atoms with van der Waals surface area (Å²) in [4.78, 5) is 0. The second-order valence-electron chi connectivity index (χ2n) is 4.70. The molecular weight excluding hydrogens is 244 g/mol. The monoisotopic (exact) mass is 264 g/mol. The molecule has 0 aromatic heterocycles. The highest BCUT2D eigenvalue weighted by Crippen LogP contribution is 2.18. The molecule has 2 rings (SSSR count). The summed E-state index contributed by atoms with van der Waals surface area (Å²) < 4.78 is 5.37. The van der Waals surface area contributed by atoms with E-state index in [1.54, 1.807) is 0 Å². The molecular formula is C14H20N2OS. The molecule has 0 spiro atoms. The summed E-state index contributed by atoms with van der Waals surface area (Å²) in [7, 11) is 0. The lowest BCUT2D eigenvalue weighted by Crippen LogP contribution is -2.42. The van der Waals surface area contributed by atoms with E-state index >= 15 is 0 Å². The number of rotatable bonds is 3. The van der Waals surface area contributed by atoms with Gasteiger partial charge in [0.05, 0.1) is 0 Å². The van der Waals surface area contributed by atoms with Crippen molar-refractivity contribution in [2.75, 3.05) is 18.5 Å². The van der Waals surface area contributed by atoms with E-state index in [0.29, 0.717) is 17.1 Å². The van der Waals surface area contributed by atoms with Crippen LogP contribution in [0.25, 0.3) is 0 Å². The van der Waals surface area contributed by atoms with Crippen molar-refractivity contribution in [1.82, 2.24) is 5.32 Å². The fourth-order valence-electron chi connectivity index (χ4n) is 2.23. The highest BCUT2D eigenvalue weighted by molar-refractivity contribution is 7.80. The molecule has 1 atom stereocenters. The van der Waals surface area contributed by atoms with Gasteiger partial charge in [0, 0.05) is 24.9 Å². The number of hydrogen-bond acceptors (Lipinski definition) is 2. The predicted molar refractivity (Wildman–Crippen MR) is 78.8 cm³/mol. The van der Waals surface area contributed by atoms with Gasteiger partial charge in [0.1, 0.15) is 0 Å². The van der Waals surface area contributed by atoms with Crippen LogP contribution in [0, 0.1) is 5.92 Å². The second-order valence-corrected chi connectivity index (χ2v) is 5.11. The van der Waals surface area contributed by atoms with Crippen molar-refractivity contribution in [2.45, 2.75) is 25.8 Å². The minimum atomic E-state index is 0.387. The first-order chi connectivity index (χ1) is 8.75. The molecule has 98 valence electrons. The van der Waals surface area contributed by atoms with Crippen molar-refractivity contribution >= 4 is 23.0 Å². The predicted octanol–water partition coefficient (Wildman–Crippen LogP) is 2.79. The summed E-state index contributed by atoms with van der Waals surface area (Å²) in [6.07, 6.45) is 2.23. The van der Waals surface area contributed by atoms with Crippen LogP contribution in [-0.4, -0.2) is 24.4 Å². The van der Waals surface area contributed by atoms with E-state index < -0.39 is 0 Å². The fourth-order valence-corrected chi connectivity index (χ4v) is 2.53. The summed E-state index contributed by atoms with van der Waals surface area (Å²) in [5, 5.41) is 7.26. The van der Waals surface area contributed by atoms with Crippen LogP contribution in [0.4, 0.5) is 5.69 Å². The number of benzene rings is 1. The number of para-hydroxylation sites is 1. The molecule has 0 radical (unpaired) electrons. The first-order valence-corrected chi connectivity index (χ1v) is 6.87. The number of anilines is 1. The van der Waals surface area contributed by atoms with Crippen LogP contribution >= 0.6 is 12.2 Å². The molecule has 18 heavy (non-hydrogen) atoms. The molecule has 1 aliphatic heterocycles. The molecule has 2 N–H and O–H groups in total. The molecule has 1 saturated heterocycles. The highest BCUT2D eigenvalue weighted by Gasteiger charge is 2.20. The van der Waals surface area contributed by atoms with Crippen LogP contribution in [0.1, 0.15) is 19.8 Å². The Labute approximate surface area is 114 Å². The van der Waals surface area contributed by atoms with Gasteiger partial charge in [-0.1, -0.05) is 18.2 Å². The minimum Gasteiger partial charge on any atom is -0.381 e. The fraction of sp³-hybridized carbons (Fsp3) is 0.500. The van der Waals surface area contributed by atoms with E-state index in [1.807, 2.05) is 30.3 Å². The number of ether oxygens (including phenoxy) is 1. The Morgan fingerprint density at radius 1 is 1.28 bits per heavy atom. The Morgan fingerprint density at radius 2 is 1.94 bits per heavy atom. The van der Waals surface area contributed by atoms with Crippen LogP contribution in [0.15, 0.2) is 30.3 Å². The zero-order chi connectivity index (χ0) is 12.8. The lowest BCUT2D eigenvalue weighted by Gasteiger charge is -2.29. The maximum Gasteiger partial charge on any atom is 0.170 e. The summed E-state index contributed by atoms with van der Waals surface area (Å²) in [5.74, 6) is 0.647. The van der Waals surface area contributed by atoms with Crippen molar-refractivity contribution < 1.29 is 4.74 Å². The Kier molecular flexibility index (Phi) is 4.96. The van der Waals surface area contributed by atoms with Crippen molar-refractivity contribution in [3.05, 3.63) is 30.3 Å². The average molecular weight is 264 g/mol. The normalized spacial score (nSPS) is 18.1. The first kappa shape index (κ1) is 13.3. The number of nitrogens with one attached hydrogen (secondary N) is 2. The number of thiocarbonyl (C=S) groups is 1. The molecule has 1 aliphatic rings. The van der Waals surface area contributed by atoms with Gasteiger partial charge in [-0.05, 0) is 50.0 Å². The third-order valence-electron chi connectivity index (χ3n) is 3.36. The highest BCUT2D eigenvalue weighted by atomic mass is 32.1. The van der Waals surface area contributed by atoms with Crippen molar-refractivity contribution in [1.29, 1.82) is 0 Å². The maximum absolute atomic E-state index is 5.37. The average Bonchev–Trinajstić information content (AvgIpc) is 2.40. The topological polar surface area (TPSA) is 33.3 Å². The Bertz CT molecular complexity index is 377. The molecule has 3 nitrogen and oxygen atoms in total. The summed E-state index contributed by atoms with van der Waals surface area (Å²) in [6, 6.07) is 10.4. The quantitative estimate of drug-likeness (QED) is 0.823. The standard InChI is InChI=1S/C14H20N2OS/c1-11(12-7-9-17-10-8-12)15-14(18)16-13-5-3-2-4-6-13/h2-6,11-12H,7-10H2,1H3,(H2,15,16,18). The zero-order valence-electron chi connectivity index (χ0n) is 10.7.